The highest BCUT2D eigenvalue weighted by Gasteiger charge is 2.41. The highest BCUT2D eigenvalue weighted by molar-refractivity contribution is 4.93. The second-order valence-electron chi connectivity index (χ2n) is 5.11. The molecule has 1 aliphatic rings. The largest absolute Gasteiger partial charge is 0.384 e. The summed E-state index contributed by atoms with van der Waals surface area (Å²) in [5.74, 6) is 0.688. The Balaban J connectivity index is 2.40. The minimum atomic E-state index is 0.528. The number of methoxy groups -OCH3 is 1. The molecule has 0 bridgehead atoms. The minimum absolute atomic E-state index is 0.528. The number of ether oxygens (including phenoxy) is 1. The fourth-order valence-corrected chi connectivity index (χ4v) is 2.31. The van der Waals surface area contributed by atoms with Crippen molar-refractivity contribution >= 4 is 0 Å². The lowest BCUT2D eigenvalue weighted by Gasteiger charge is -2.47. The van der Waals surface area contributed by atoms with Gasteiger partial charge in [0.15, 0.2) is 0 Å². The molecule has 1 N–H and O–H groups in total. The first-order valence-corrected chi connectivity index (χ1v) is 5.83. The smallest absolute Gasteiger partial charge is 0.0493 e. The van der Waals surface area contributed by atoms with Crippen molar-refractivity contribution in [3.8, 4) is 0 Å². The molecule has 0 heterocycles. The third-order valence-corrected chi connectivity index (χ3v) is 3.67. The number of hydrogen-bond donors (Lipinski definition) is 1. The maximum atomic E-state index is 5.26. The summed E-state index contributed by atoms with van der Waals surface area (Å²) in [5, 5.41) is 3.57. The van der Waals surface area contributed by atoms with E-state index in [1.54, 1.807) is 7.11 Å². The lowest BCUT2D eigenvalue weighted by atomic mass is 9.61. The summed E-state index contributed by atoms with van der Waals surface area (Å²) in [6.45, 7) is 8.82. The standard InChI is InChI=1S/C12H25NO/c1-10(2)13-9-12(6-5-7-12)11(3)8-14-4/h10-11,13H,5-9H2,1-4H3. The monoisotopic (exact) mass is 199 g/mol. The maximum absolute atomic E-state index is 5.26. The third kappa shape index (κ3) is 2.71. The molecule has 1 saturated carbocycles. The Labute approximate surface area is 88.4 Å². The Kier molecular flexibility index (Phi) is 4.39. The van der Waals surface area contributed by atoms with E-state index in [1.165, 1.54) is 19.3 Å². The van der Waals surface area contributed by atoms with Gasteiger partial charge in [-0.15, -0.1) is 0 Å². The van der Waals surface area contributed by atoms with E-state index in [9.17, 15) is 0 Å². The van der Waals surface area contributed by atoms with Gasteiger partial charge in [0.1, 0.15) is 0 Å². The Morgan fingerprint density at radius 2 is 1.93 bits per heavy atom. The molecule has 84 valence electrons. The van der Waals surface area contributed by atoms with E-state index < -0.39 is 0 Å². The van der Waals surface area contributed by atoms with Crippen LogP contribution in [0.2, 0.25) is 0 Å². The van der Waals surface area contributed by atoms with Gasteiger partial charge in [-0.25, -0.2) is 0 Å². The van der Waals surface area contributed by atoms with Gasteiger partial charge in [-0.1, -0.05) is 27.2 Å². The Morgan fingerprint density at radius 1 is 1.29 bits per heavy atom. The lowest BCUT2D eigenvalue weighted by molar-refractivity contribution is 0.00784. The van der Waals surface area contributed by atoms with Crippen molar-refractivity contribution in [2.75, 3.05) is 20.3 Å². The van der Waals surface area contributed by atoms with E-state index in [-0.39, 0.29) is 0 Å². The second kappa shape index (κ2) is 5.13. The van der Waals surface area contributed by atoms with Crippen LogP contribution in [-0.2, 0) is 4.74 Å². The summed E-state index contributed by atoms with van der Waals surface area (Å²) in [6, 6.07) is 0.599. The molecule has 2 nitrogen and oxygen atoms in total. The van der Waals surface area contributed by atoms with Crippen LogP contribution in [0.5, 0.6) is 0 Å². The second-order valence-corrected chi connectivity index (χ2v) is 5.11. The minimum Gasteiger partial charge on any atom is -0.384 e. The van der Waals surface area contributed by atoms with Crippen LogP contribution in [-0.4, -0.2) is 26.3 Å². The van der Waals surface area contributed by atoms with Gasteiger partial charge in [0.25, 0.3) is 0 Å². The highest BCUT2D eigenvalue weighted by atomic mass is 16.5. The van der Waals surface area contributed by atoms with Gasteiger partial charge in [-0.3, -0.25) is 0 Å². The van der Waals surface area contributed by atoms with Crippen molar-refractivity contribution in [1.82, 2.24) is 5.32 Å². The molecule has 0 radical (unpaired) electrons. The number of rotatable bonds is 6. The molecule has 0 saturated heterocycles. The predicted octanol–water partition coefficient (Wildman–Crippen LogP) is 2.44. The van der Waals surface area contributed by atoms with Gasteiger partial charge in [0, 0.05) is 26.3 Å². The Hall–Kier alpha value is -0.0800. The topological polar surface area (TPSA) is 21.3 Å². The summed E-state index contributed by atoms with van der Waals surface area (Å²) in [7, 11) is 1.80. The molecule has 0 aromatic rings. The molecule has 1 aliphatic carbocycles. The van der Waals surface area contributed by atoms with E-state index in [0.717, 1.165) is 13.2 Å². The van der Waals surface area contributed by atoms with Crippen molar-refractivity contribution in [2.45, 2.75) is 46.1 Å². The molecule has 1 fully saturated rings. The van der Waals surface area contributed by atoms with Crippen molar-refractivity contribution in [1.29, 1.82) is 0 Å². The van der Waals surface area contributed by atoms with Gasteiger partial charge in [-0.2, -0.15) is 0 Å². The highest BCUT2D eigenvalue weighted by Crippen LogP contribution is 2.46. The molecule has 0 aliphatic heterocycles. The summed E-state index contributed by atoms with van der Waals surface area (Å²) in [6.07, 6.45) is 4.14. The van der Waals surface area contributed by atoms with E-state index in [0.29, 0.717) is 17.4 Å². The van der Waals surface area contributed by atoms with Crippen LogP contribution in [0, 0.1) is 11.3 Å². The molecule has 1 atom stereocenters. The fraction of sp³-hybridized carbons (Fsp3) is 1.00. The first kappa shape index (κ1) is 12.0. The first-order valence-electron chi connectivity index (χ1n) is 5.83. The van der Waals surface area contributed by atoms with Crippen LogP contribution < -0.4 is 5.32 Å². The lowest BCUT2D eigenvalue weighted by Crippen LogP contribution is -2.47. The molecular weight excluding hydrogens is 174 g/mol. The zero-order valence-electron chi connectivity index (χ0n) is 10.1. The van der Waals surface area contributed by atoms with Crippen LogP contribution in [0.4, 0.5) is 0 Å². The van der Waals surface area contributed by atoms with Gasteiger partial charge in [0.2, 0.25) is 0 Å². The first-order chi connectivity index (χ1) is 6.60. The number of nitrogens with one attached hydrogen (secondary N) is 1. The molecule has 1 rings (SSSR count). The average molecular weight is 199 g/mol. The van der Waals surface area contributed by atoms with E-state index in [4.69, 9.17) is 4.74 Å². The van der Waals surface area contributed by atoms with Crippen LogP contribution in [0.1, 0.15) is 40.0 Å². The molecule has 0 aromatic heterocycles. The summed E-state index contributed by atoms with van der Waals surface area (Å²) < 4.78 is 5.26. The molecule has 0 amide bonds. The average Bonchev–Trinajstić information content (AvgIpc) is 2.02. The van der Waals surface area contributed by atoms with E-state index in [2.05, 4.69) is 26.1 Å². The maximum Gasteiger partial charge on any atom is 0.0493 e. The van der Waals surface area contributed by atoms with E-state index in [1.807, 2.05) is 0 Å². The zero-order valence-corrected chi connectivity index (χ0v) is 10.1. The van der Waals surface area contributed by atoms with Crippen LogP contribution in [0.3, 0.4) is 0 Å². The van der Waals surface area contributed by atoms with E-state index >= 15 is 0 Å². The van der Waals surface area contributed by atoms with Crippen molar-refractivity contribution < 1.29 is 4.74 Å². The van der Waals surface area contributed by atoms with Gasteiger partial charge in [-0.05, 0) is 24.2 Å². The SMILES string of the molecule is COCC(C)C1(CNC(C)C)CCC1. The summed E-state index contributed by atoms with van der Waals surface area (Å²) >= 11 is 0. The van der Waals surface area contributed by atoms with Gasteiger partial charge in [0.05, 0.1) is 0 Å². The Bertz CT molecular complexity index is 164. The van der Waals surface area contributed by atoms with Crippen LogP contribution in [0.25, 0.3) is 0 Å². The Morgan fingerprint density at radius 3 is 2.29 bits per heavy atom. The number of hydrogen-bond acceptors (Lipinski definition) is 2. The third-order valence-electron chi connectivity index (χ3n) is 3.67. The quantitative estimate of drug-likeness (QED) is 0.709. The van der Waals surface area contributed by atoms with Crippen LogP contribution in [0.15, 0.2) is 0 Å². The molecule has 0 aromatic carbocycles. The molecule has 1 unspecified atom stereocenters. The molecule has 0 spiro atoms. The van der Waals surface area contributed by atoms with Crippen LogP contribution >= 0.6 is 0 Å². The predicted molar refractivity (Wildman–Crippen MR) is 60.5 cm³/mol. The van der Waals surface area contributed by atoms with Gasteiger partial charge >= 0.3 is 0 Å². The zero-order chi connectivity index (χ0) is 10.6. The van der Waals surface area contributed by atoms with Gasteiger partial charge < -0.3 is 10.1 Å². The molecule has 2 heteroatoms. The molecular formula is C12H25NO. The normalized spacial score (nSPS) is 22.1. The molecule has 14 heavy (non-hydrogen) atoms. The summed E-state index contributed by atoms with van der Waals surface area (Å²) in [4.78, 5) is 0. The fourth-order valence-electron chi connectivity index (χ4n) is 2.31. The van der Waals surface area contributed by atoms with Crippen molar-refractivity contribution in [2.24, 2.45) is 11.3 Å². The van der Waals surface area contributed by atoms with Crippen molar-refractivity contribution in [3.05, 3.63) is 0 Å². The van der Waals surface area contributed by atoms with Crippen molar-refractivity contribution in [3.63, 3.8) is 0 Å². The summed E-state index contributed by atoms with van der Waals surface area (Å²) in [5.41, 5.74) is 0.528.